The zero-order valence-corrected chi connectivity index (χ0v) is 13.3. The van der Waals surface area contributed by atoms with Crippen molar-refractivity contribution in [1.29, 1.82) is 0 Å². The zero-order valence-electron chi connectivity index (χ0n) is 13.3. The van der Waals surface area contributed by atoms with Crippen LogP contribution < -0.4 is 5.73 Å². The van der Waals surface area contributed by atoms with E-state index in [1.165, 1.54) is 5.56 Å². The number of amidine groups is 1. The minimum absolute atomic E-state index is 0.329. The molecule has 0 fully saturated rings. The van der Waals surface area contributed by atoms with E-state index in [-0.39, 0.29) is 0 Å². The lowest BCUT2D eigenvalue weighted by molar-refractivity contribution is 0.475. The van der Waals surface area contributed by atoms with Gasteiger partial charge in [-0.15, -0.1) is 0 Å². The van der Waals surface area contributed by atoms with E-state index >= 15 is 0 Å². The Morgan fingerprint density at radius 2 is 1.58 bits per heavy atom. The lowest BCUT2D eigenvalue weighted by atomic mass is 10.1. The fraction of sp³-hybridized carbons (Fsp3) is 0.562. The van der Waals surface area contributed by atoms with Crippen molar-refractivity contribution < 1.29 is 5.11 Å². The number of rotatable bonds is 0. The van der Waals surface area contributed by atoms with Gasteiger partial charge < -0.3 is 10.8 Å². The molecule has 3 heteroatoms. The predicted octanol–water partition coefficient (Wildman–Crippen LogP) is 4.14. The van der Waals surface area contributed by atoms with Crippen LogP contribution in [0.15, 0.2) is 29.3 Å². The molecule has 1 heterocycles. The standard InChI is InChI=1S/C7H8O.C5H10N2.2C2H6/c1-6-2-4-7(8)5-3-6;1-4-2-5(6)7-3-4;2*1-2/h2-5,8H,1H3;4H,2-3H2,1H3,(H2,6,7);2*1-2H3. The summed E-state index contributed by atoms with van der Waals surface area (Å²) in [6.45, 7) is 13.1. The second kappa shape index (κ2) is 12.9. The van der Waals surface area contributed by atoms with Gasteiger partial charge in [-0.1, -0.05) is 52.3 Å². The number of phenolic OH excluding ortho intramolecular Hbond substituents is 1. The Kier molecular flexibility index (Phi) is 13.5. The van der Waals surface area contributed by atoms with Gasteiger partial charge in [0.1, 0.15) is 5.75 Å². The molecule has 2 rings (SSSR count). The van der Waals surface area contributed by atoms with Crippen LogP contribution in [0.3, 0.4) is 0 Å². The topological polar surface area (TPSA) is 58.6 Å². The maximum atomic E-state index is 8.76. The van der Waals surface area contributed by atoms with Crippen LogP contribution in [-0.4, -0.2) is 17.5 Å². The Morgan fingerprint density at radius 1 is 1.11 bits per heavy atom. The van der Waals surface area contributed by atoms with Crippen LogP contribution in [0.4, 0.5) is 0 Å². The summed E-state index contributed by atoms with van der Waals surface area (Å²) in [7, 11) is 0. The van der Waals surface area contributed by atoms with Crippen LogP contribution in [0, 0.1) is 12.8 Å². The Balaban J connectivity index is 0. The first-order chi connectivity index (χ1) is 9.08. The molecular weight excluding hydrogens is 236 g/mol. The number of nitrogens with zero attached hydrogens (tertiary/aromatic N) is 1. The molecule has 0 amide bonds. The van der Waals surface area contributed by atoms with E-state index in [1.807, 2.05) is 46.8 Å². The van der Waals surface area contributed by atoms with E-state index in [4.69, 9.17) is 10.8 Å². The number of aryl methyl sites for hydroxylation is 1. The molecule has 0 radical (unpaired) electrons. The Hall–Kier alpha value is -1.51. The van der Waals surface area contributed by atoms with E-state index in [0.717, 1.165) is 18.8 Å². The molecule has 1 atom stereocenters. The van der Waals surface area contributed by atoms with E-state index in [2.05, 4.69) is 11.9 Å². The maximum absolute atomic E-state index is 8.76. The molecule has 0 aromatic heterocycles. The third kappa shape index (κ3) is 11.3. The Labute approximate surface area is 118 Å². The first-order valence-corrected chi connectivity index (χ1v) is 7.12. The van der Waals surface area contributed by atoms with Crippen LogP contribution >= 0.6 is 0 Å². The van der Waals surface area contributed by atoms with Gasteiger partial charge in [-0.2, -0.15) is 0 Å². The normalized spacial score (nSPS) is 15.7. The van der Waals surface area contributed by atoms with Crippen molar-refractivity contribution in [2.75, 3.05) is 6.54 Å². The maximum Gasteiger partial charge on any atom is 0.115 e. The van der Waals surface area contributed by atoms with Crippen LogP contribution in [0.25, 0.3) is 0 Å². The van der Waals surface area contributed by atoms with Crippen molar-refractivity contribution in [3.05, 3.63) is 29.8 Å². The number of aliphatic imine (C=N–C) groups is 1. The van der Waals surface area contributed by atoms with Crippen molar-refractivity contribution in [2.24, 2.45) is 16.6 Å². The van der Waals surface area contributed by atoms with Gasteiger partial charge in [0, 0.05) is 13.0 Å². The molecule has 1 aromatic carbocycles. The summed E-state index contributed by atoms with van der Waals surface area (Å²) in [6, 6.07) is 7.09. The highest BCUT2D eigenvalue weighted by Crippen LogP contribution is 2.08. The van der Waals surface area contributed by atoms with Crippen LogP contribution in [0.2, 0.25) is 0 Å². The third-order valence-corrected chi connectivity index (χ3v) is 2.20. The second-order valence-corrected chi connectivity index (χ2v) is 3.98. The molecule has 19 heavy (non-hydrogen) atoms. The van der Waals surface area contributed by atoms with Gasteiger partial charge in [0.05, 0.1) is 5.84 Å². The van der Waals surface area contributed by atoms with Crippen LogP contribution in [-0.2, 0) is 0 Å². The number of hydrogen-bond acceptors (Lipinski definition) is 3. The fourth-order valence-electron chi connectivity index (χ4n) is 1.30. The van der Waals surface area contributed by atoms with Gasteiger partial charge in [-0.05, 0) is 25.0 Å². The van der Waals surface area contributed by atoms with Gasteiger partial charge in [0.25, 0.3) is 0 Å². The van der Waals surface area contributed by atoms with Gasteiger partial charge in [-0.25, -0.2) is 0 Å². The monoisotopic (exact) mass is 266 g/mol. The first-order valence-electron chi connectivity index (χ1n) is 7.12. The Bertz CT molecular complexity index is 310. The minimum atomic E-state index is 0.329. The molecule has 1 unspecified atom stereocenters. The summed E-state index contributed by atoms with van der Waals surface area (Å²) >= 11 is 0. The van der Waals surface area contributed by atoms with Crippen LogP contribution in [0.1, 0.15) is 46.6 Å². The predicted molar refractivity (Wildman–Crippen MR) is 85.8 cm³/mol. The quantitative estimate of drug-likeness (QED) is 0.741. The molecule has 3 N–H and O–H groups in total. The molecule has 0 spiro atoms. The number of hydrogen-bond donors (Lipinski definition) is 2. The minimum Gasteiger partial charge on any atom is -0.508 e. The summed E-state index contributed by atoms with van der Waals surface area (Å²) < 4.78 is 0. The van der Waals surface area contributed by atoms with Gasteiger partial charge in [-0.3, -0.25) is 4.99 Å². The van der Waals surface area contributed by atoms with E-state index in [1.54, 1.807) is 12.1 Å². The average molecular weight is 266 g/mol. The molecule has 3 nitrogen and oxygen atoms in total. The van der Waals surface area contributed by atoms with E-state index in [0.29, 0.717) is 11.7 Å². The molecule has 0 saturated carbocycles. The van der Waals surface area contributed by atoms with Crippen molar-refractivity contribution >= 4 is 5.84 Å². The van der Waals surface area contributed by atoms with Gasteiger partial charge >= 0.3 is 0 Å². The highest BCUT2D eigenvalue weighted by atomic mass is 16.3. The molecular formula is C16H30N2O. The van der Waals surface area contributed by atoms with Crippen molar-refractivity contribution in [3.8, 4) is 5.75 Å². The smallest absolute Gasteiger partial charge is 0.115 e. The molecule has 110 valence electrons. The number of aromatic hydroxyl groups is 1. The molecule has 1 aliphatic heterocycles. The second-order valence-electron chi connectivity index (χ2n) is 3.98. The summed E-state index contributed by atoms with van der Waals surface area (Å²) in [6.07, 6.45) is 1.00. The third-order valence-electron chi connectivity index (χ3n) is 2.20. The van der Waals surface area contributed by atoms with Crippen LogP contribution in [0.5, 0.6) is 5.75 Å². The molecule has 0 saturated heterocycles. The van der Waals surface area contributed by atoms with Crippen molar-refractivity contribution in [1.82, 2.24) is 0 Å². The highest BCUT2D eigenvalue weighted by Gasteiger charge is 2.09. The number of benzene rings is 1. The summed E-state index contributed by atoms with van der Waals surface area (Å²) in [4.78, 5) is 4.01. The summed E-state index contributed by atoms with van der Waals surface area (Å²) in [5.41, 5.74) is 6.54. The number of phenols is 1. The lowest BCUT2D eigenvalue weighted by Gasteiger charge is -1.92. The SMILES string of the molecule is CC.CC.CC1CN=C(N)C1.Cc1ccc(O)cc1. The van der Waals surface area contributed by atoms with Gasteiger partial charge in [0.2, 0.25) is 0 Å². The fourth-order valence-corrected chi connectivity index (χ4v) is 1.30. The summed E-state index contributed by atoms with van der Waals surface area (Å²) in [5, 5.41) is 8.76. The molecule has 1 aliphatic rings. The highest BCUT2D eigenvalue weighted by molar-refractivity contribution is 5.81. The molecule has 1 aromatic rings. The number of nitrogens with two attached hydrogens (primary N) is 1. The van der Waals surface area contributed by atoms with Crippen molar-refractivity contribution in [3.63, 3.8) is 0 Å². The molecule has 0 aliphatic carbocycles. The van der Waals surface area contributed by atoms with Crippen molar-refractivity contribution in [2.45, 2.75) is 48.0 Å². The van der Waals surface area contributed by atoms with E-state index < -0.39 is 0 Å². The zero-order chi connectivity index (χ0) is 15.3. The average Bonchev–Trinajstić information content (AvgIpc) is 2.82. The first kappa shape index (κ1) is 19.8. The summed E-state index contributed by atoms with van der Waals surface area (Å²) in [5.74, 6) is 1.85. The largest absolute Gasteiger partial charge is 0.508 e. The van der Waals surface area contributed by atoms with E-state index in [9.17, 15) is 0 Å². The lowest BCUT2D eigenvalue weighted by Crippen LogP contribution is -2.08. The molecule has 0 bridgehead atoms. The van der Waals surface area contributed by atoms with Gasteiger partial charge in [0.15, 0.2) is 0 Å². The Morgan fingerprint density at radius 3 is 1.79 bits per heavy atom.